The number of phenolic OH excluding ortho intramolecular Hbond substituents is 1. The number of aromatic hydroxyl groups is 1. The number of aliphatic hydroxyl groups excluding tert-OH is 1. The van der Waals surface area contributed by atoms with Gasteiger partial charge in [0.15, 0.2) is 0 Å². The van der Waals surface area contributed by atoms with Crippen LogP contribution in [0.25, 0.3) is 0 Å². The van der Waals surface area contributed by atoms with Crippen molar-refractivity contribution >= 4 is 0 Å². The summed E-state index contributed by atoms with van der Waals surface area (Å²) in [6.07, 6.45) is 25.9. The van der Waals surface area contributed by atoms with Gasteiger partial charge in [0.05, 0.1) is 22.5 Å². The molecular weight excluding hydrogens is 578 g/mol. The molecule has 9 atom stereocenters. The third kappa shape index (κ3) is 4.57. The van der Waals surface area contributed by atoms with Crippen molar-refractivity contribution in [3.8, 4) is 17.6 Å². The fourth-order valence-corrected chi connectivity index (χ4v) is 14.8. The normalized spacial score (nSPS) is 45.0. The van der Waals surface area contributed by atoms with Gasteiger partial charge in [-0.2, -0.15) is 0 Å². The number of benzene rings is 1. The second-order valence-corrected chi connectivity index (χ2v) is 18.8. The Hall–Kier alpha value is -1.54. The van der Waals surface area contributed by atoms with E-state index in [4.69, 9.17) is 10.5 Å². The Kier molecular flexibility index (Phi) is 7.52. The van der Waals surface area contributed by atoms with Gasteiger partial charge in [0.1, 0.15) is 5.75 Å². The lowest BCUT2D eigenvalue weighted by Crippen LogP contribution is -2.84. The van der Waals surface area contributed by atoms with E-state index in [1.165, 1.54) is 114 Å². The number of ether oxygens (including phenoxy) is 1. The van der Waals surface area contributed by atoms with Crippen LogP contribution >= 0.6 is 0 Å². The minimum atomic E-state index is -0.547. The van der Waals surface area contributed by atoms with E-state index in [-0.39, 0.29) is 41.0 Å². The van der Waals surface area contributed by atoms with E-state index in [0.29, 0.717) is 34.8 Å². The summed E-state index contributed by atoms with van der Waals surface area (Å²) in [5.74, 6) is 11.1. The first-order valence-electron chi connectivity index (χ1n) is 20.2. The summed E-state index contributed by atoms with van der Waals surface area (Å²) in [5.41, 5.74) is 9.93. The van der Waals surface area contributed by atoms with Crippen LogP contribution in [0.3, 0.4) is 0 Å². The van der Waals surface area contributed by atoms with Gasteiger partial charge in [-0.05, 0) is 143 Å². The lowest BCUT2D eigenvalue weighted by molar-refractivity contribution is -0.361. The first-order chi connectivity index (χ1) is 22.7. The molecule has 6 saturated carbocycles. The first-order valence-corrected chi connectivity index (χ1v) is 20.2. The molecule has 10 rings (SSSR count). The average Bonchev–Trinajstić information content (AvgIpc) is 3.52. The maximum Gasteiger partial charge on any atom is 0.115 e. The van der Waals surface area contributed by atoms with Crippen molar-refractivity contribution in [2.75, 3.05) is 6.61 Å². The summed E-state index contributed by atoms with van der Waals surface area (Å²) in [4.78, 5) is 0. The third-order valence-corrected chi connectivity index (χ3v) is 16.5. The van der Waals surface area contributed by atoms with Crippen LogP contribution in [-0.2, 0) is 16.6 Å². The van der Waals surface area contributed by atoms with Crippen molar-refractivity contribution in [1.29, 1.82) is 0 Å². The summed E-state index contributed by atoms with van der Waals surface area (Å²) in [6.45, 7) is 2.67. The molecule has 9 aliphatic rings. The molecule has 2 aliphatic heterocycles. The van der Waals surface area contributed by atoms with E-state index in [2.05, 4.69) is 30.9 Å². The van der Waals surface area contributed by atoms with Gasteiger partial charge in [-0.1, -0.05) is 69.3 Å². The lowest BCUT2D eigenvalue weighted by atomic mass is 9.38. The molecule has 4 heteroatoms. The van der Waals surface area contributed by atoms with Crippen LogP contribution in [0.5, 0.6) is 5.75 Å². The molecule has 3 spiro atoms. The smallest absolute Gasteiger partial charge is 0.115 e. The molecule has 47 heavy (non-hydrogen) atoms. The van der Waals surface area contributed by atoms with E-state index < -0.39 is 5.54 Å². The van der Waals surface area contributed by atoms with Gasteiger partial charge in [-0.15, -0.1) is 0 Å². The molecule has 8 fully saturated rings. The van der Waals surface area contributed by atoms with Gasteiger partial charge < -0.3 is 20.7 Å². The van der Waals surface area contributed by atoms with Crippen molar-refractivity contribution in [2.24, 2.45) is 52.6 Å². The molecule has 256 valence electrons. The van der Waals surface area contributed by atoms with Crippen LogP contribution in [0.4, 0.5) is 0 Å². The molecule has 0 amide bonds. The minimum Gasteiger partial charge on any atom is -0.508 e. The average molecular weight is 640 g/mol. The van der Waals surface area contributed by atoms with Crippen LogP contribution in [0, 0.1) is 58.7 Å². The lowest BCUT2D eigenvalue weighted by Gasteiger charge is -2.75. The number of hydrogen-bond donors (Lipinski definition) is 3. The molecule has 0 radical (unpaired) electrons. The van der Waals surface area contributed by atoms with Gasteiger partial charge in [0.2, 0.25) is 0 Å². The van der Waals surface area contributed by atoms with E-state index in [0.717, 1.165) is 32.1 Å². The molecule has 4 N–H and O–H groups in total. The van der Waals surface area contributed by atoms with Crippen molar-refractivity contribution in [3.05, 3.63) is 29.3 Å². The predicted octanol–water partition coefficient (Wildman–Crippen LogP) is 8.59. The second kappa shape index (κ2) is 11.2. The third-order valence-electron chi connectivity index (χ3n) is 16.5. The highest BCUT2D eigenvalue weighted by Gasteiger charge is 2.76. The molecule has 1 aromatic rings. The molecule has 6 bridgehead atoms. The van der Waals surface area contributed by atoms with Crippen LogP contribution in [0.15, 0.2) is 18.2 Å². The van der Waals surface area contributed by atoms with Crippen LogP contribution in [0.1, 0.15) is 146 Å². The highest BCUT2D eigenvalue weighted by molar-refractivity contribution is 5.47. The fraction of sp³-hybridized carbons (Fsp3) is 0.814. The van der Waals surface area contributed by atoms with E-state index in [1.807, 2.05) is 6.07 Å². The summed E-state index contributed by atoms with van der Waals surface area (Å²) in [7, 11) is 0. The Labute approximate surface area is 284 Å². The molecular formula is C43H61NO3. The summed E-state index contributed by atoms with van der Waals surface area (Å²) >= 11 is 0. The van der Waals surface area contributed by atoms with Gasteiger partial charge >= 0.3 is 0 Å². The fourth-order valence-electron chi connectivity index (χ4n) is 14.8. The Morgan fingerprint density at radius 1 is 0.872 bits per heavy atom. The molecule has 4 nitrogen and oxygen atoms in total. The number of aliphatic hydroxyl groups is 1. The zero-order valence-electron chi connectivity index (χ0n) is 29.2. The summed E-state index contributed by atoms with van der Waals surface area (Å²) in [5, 5.41) is 22.1. The summed E-state index contributed by atoms with van der Waals surface area (Å²) in [6, 6.07) is 6.30. The van der Waals surface area contributed by atoms with Crippen molar-refractivity contribution in [3.63, 3.8) is 0 Å². The van der Waals surface area contributed by atoms with E-state index in [9.17, 15) is 10.2 Å². The Bertz CT molecular complexity index is 1420. The van der Waals surface area contributed by atoms with Crippen LogP contribution in [-0.4, -0.2) is 33.6 Å². The number of fused-ring (bicyclic) bond motifs is 5. The van der Waals surface area contributed by atoms with Crippen molar-refractivity contribution < 1.29 is 14.9 Å². The standard InChI is InChI=1S/C43H61NO3/c1-39(32-10-4-2-5-11-32)38-31-12-14-33(28-45)43(38,44)37-16-21-41(19-6-3-7-20-41)36-24-35(46)15-13-30(36)22-29-23-34(42(37,26-31)47-39)27-40(25-29)17-8-9-18-40/h13,15,24,29,31-34,37-38,45-46H,2-12,14,17-20,22-23,25-28,44H2,1H3. The Morgan fingerprint density at radius 3 is 2.38 bits per heavy atom. The maximum atomic E-state index is 11.2. The number of phenols is 1. The minimum absolute atomic E-state index is 0.0646. The zero-order valence-corrected chi connectivity index (χ0v) is 29.2. The zero-order chi connectivity index (χ0) is 32.1. The quantitative estimate of drug-likeness (QED) is 0.283. The number of hydrogen-bond acceptors (Lipinski definition) is 4. The SMILES string of the molecule is CC1(C2CCCCC2)OC23CC4CCC(CO)C(N)(C41)C2C#CC1(CCCCC1)c1cc(O)ccc1CC1CC3CC2(CCCC2)C1. The second-order valence-electron chi connectivity index (χ2n) is 18.8. The highest BCUT2D eigenvalue weighted by Crippen LogP contribution is 2.71. The molecule has 2 heterocycles. The van der Waals surface area contributed by atoms with Gasteiger partial charge in [0.25, 0.3) is 0 Å². The monoisotopic (exact) mass is 639 g/mol. The van der Waals surface area contributed by atoms with Crippen molar-refractivity contribution in [2.45, 2.75) is 164 Å². The largest absolute Gasteiger partial charge is 0.508 e. The van der Waals surface area contributed by atoms with Gasteiger partial charge in [0, 0.05) is 24.0 Å². The number of rotatable bonds is 2. The van der Waals surface area contributed by atoms with Crippen LogP contribution < -0.4 is 5.73 Å². The van der Waals surface area contributed by atoms with Gasteiger partial charge in [-0.3, -0.25) is 0 Å². The van der Waals surface area contributed by atoms with E-state index in [1.54, 1.807) is 0 Å². The molecule has 2 saturated heterocycles. The maximum absolute atomic E-state index is 11.2. The topological polar surface area (TPSA) is 75.7 Å². The Balaban J connectivity index is 1.29. The molecule has 1 aromatic carbocycles. The molecule has 0 aromatic heterocycles. The molecule has 7 aliphatic carbocycles. The molecule has 9 unspecified atom stereocenters. The number of nitrogens with two attached hydrogens (primary N) is 1. The van der Waals surface area contributed by atoms with E-state index >= 15 is 0 Å². The Morgan fingerprint density at radius 2 is 1.62 bits per heavy atom. The summed E-state index contributed by atoms with van der Waals surface area (Å²) < 4.78 is 8.13. The van der Waals surface area contributed by atoms with Crippen LogP contribution in [0.2, 0.25) is 0 Å². The first kappa shape index (κ1) is 31.4. The van der Waals surface area contributed by atoms with Gasteiger partial charge in [-0.25, -0.2) is 0 Å². The highest BCUT2D eigenvalue weighted by atomic mass is 16.5. The van der Waals surface area contributed by atoms with Crippen molar-refractivity contribution in [1.82, 2.24) is 0 Å². The predicted molar refractivity (Wildman–Crippen MR) is 187 cm³/mol.